The van der Waals surface area contributed by atoms with Crippen LogP contribution in [0.4, 0.5) is 39.5 Å². The van der Waals surface area contributed by atoms with Crippen molar-refractivity contribution in [3.63, 3.8) is 0 Å². The van der Waals surface area contributed by atoms with Crippen molar-refractivity contribution in [3.8, 4) is 17.2 Å². The third kappa shape index (κ3) is 18.6. The van der Waals surface area contributed by atoms with E-state index in [9.17, 15) is 39.5 Å². The van der Waals surface area contributed by atoms with Crippen LogP contribution >= 0.6 is 0 Å². The SMILES string of the molecule is CCCCCCCC[N+](CCCCCCCC)(CCCCCCCC)Cc1cc(C(F)(F)F)ccc1OB(Oc1ccc(C(F)(F)F)cc1)Oc1ccc(C(F)(F)F)cc1. The Kier molecular flexibility index (Phi) is 21.5. The van der Waals surface area contributed by atoms with Gasteiger partial charge in [0.05, 0.1) is 36.3 Å². The molecule has 0 atom stereocenters. The fourth-order valence-electron chi connectivity index (χ4n) is 7.45. The number of hydrogen-bond donors (Lipinski definition) is 0. The fraction of sp³-hybridized carbons (Fsp3) is 0.609. The van der Waals surface area contributed by atoms with Gasteiger partial charge in [-0.25, -0.2) is 0 Å². The molecular weight excluding hydrogens is 796 g/mol. The molecule has 0 aliphatic carbocycles. The largest absolute Gasteiger partial charge is 0.864 e. The molecule has 3 aromatic rings. The molecule has 0 unspecified atom stereocenters. The minimum absolute atomic E-state index is 0.00293. The smallest absolute Gasteiger partial charge is 0.490 e. The van der Waals surface area contributed by atoms with Gasteiger partial charge in [0.2, 0.25) is 0 Å². The molecule has 0 radical (unpaired) electrons. The molecule has 0 amide bonds. The molecule has 0 bridgehead atoms. The zero-order chi connectivity index (χ0) is 44.1. The quantitative estimate of drug-likeness (QED) is 0.0301. The van der Waals surface area contributed by atoms with E-state index in [0.29, 0.717) is 4.48 Å². The van der Waals surface area contributed by atoms with Crippen molar-refractivity contribution in [2.24, 2.45) is 0 Å². The highest BCUT2D eigenvalue weighted by molar-refractivity contribution is 6.39. The summed E-state index contributed by atoms with van der Waals surface area (Å²) >= 11 is 0. The van der Waals surface area contributed by atoms with E-state index in [4.69, 9.17) is 14.0 Å². The van der Waals surface area contributed by atoms with Gasteiger partial charge in [0.15, 0.2) is 0 Å². The summed E-state index contributed by atoms with van der Waals surface area (Å²) in [5.41, 5.74) is -2.51. The van der Waals surface area contributed by atoms with Gasteiger partial charge in [-0.05, 0) is 105 Å². The number of hydrogen-bond acceptors (Lipinski definition) is 3. The number of unbranched alkanes of at least 4 members (excludes halogenated alkanes) is 15. The number of alkyl halides is 9. The molecule has 0 heterocycles. The Hall–Kier alpha value is -3.55. The lowest BCUT2D eigenvalue weighted by molar-refractivity contribution is -0.941. The summed E-state index contributed by atoms with van der Waals surface area (Å²) in [5.74, 6) is -0.261. The summed E-state index contributed by atoms with van der Waals surface area (Å²) in [4.78, 5) is 0. The maximum atomic E-state index is 14.4. The molecule has 3 aromatic carbocycles. The Morgan fingerprint density at radius 3 is 1.10 bits per heavy atom. The first-order valence-corrected chi connectivity index (χ1v) is 21.9. The molecule has 0 aliphatic rings. The van der Waals surface area contributed by atoms with Gasteiger partial charge in [-0.15, -0.1) is 0 Å². The number of benzene rings is 3. The molecule has 3 rings (SSSR count). The predicted molar refractivity (Wildman–Crippen MR) is 221 cm³/mol. The minimum Gasteiger partial charge on any atom is -0.490 e. The Bertz CT molecular complexity index is 1510. The van der Waals surface area contributed by atoms with Gasteiger partial charge in [-0.1, -0.05) is 97.8 Å². The summed E-state index contributed by atoms with van der Waals surface area (Å²) in [7, 11) is -1.81. The molecule has 0 fully saturated rings. The first-order chi connectivity index (χ1) is 28.5. The second-order valence-corrected chi connectivity index (χ2v) is 16.0. The van der Waals surface area contributed by atoms with E-state index in [1.54, 1.807) is 0 Å². The van der Waals surface area contributed by atoms with Gasteiger partial charge in [-0.2, -0.15) is 39.5 Å². The average molecular weight is 861 g/mol. The van der Waals surface area contributed by atoms with Crippen molar-refractivity contribution in [3.05, 3.63) is 89.0 Å². The van der Waals surface area contributed by atoms with Crippen LogP contribution in [0.1, 0.15) is 159 Å². The van der Waals surface area contributed by atoms with Crippen LogP contribution in [0, 0.1) is 0 Å². The molecule has 0 aliphatic heterocycles. The van der Waals surface area contributed by atoms with Crippen LogP contribution in [0.3, 0.4) is 0 Å². The fourth-order valence-corrected chi connectivity index (χ4v) is 7.45. The van der Waals surface area contributed by atoms with Crippen LogP contribution in [-0.2, 0) is 25.1 Å². The second kappa shape index (κ2) is 25.4. The van der Waals surface area contributed by atoms with E-state index in [2.05, 4.69) is 20.8 Å². The van der Waals surface area contributed by atoms with Crippen LogP contribution < -0.4 is 14.0 Å². The Labute approximate surface area is 351 Å². The van der Waals surface area contributed by atoms with E-state index in [-0.39, 0.29) is 29.4 Å². The van der Waals surface area contributed by atoms with Crippen molar-refractivity contribution in [2.45, 2.75) is 161 Å². The first-order valence-electron chi connectivity index (χ1n) is 21.9. The van der Waals surface area contributed by atoms with Crippen molar-refractivity contribution < 1.29 is 58.0 Å². The predicted octanol–water partition coefficient (Wildman–Crippen LogP) is 15.7. The van der Waals surface area contributed by atoms with Crippen LogP contribution in [0.15, 0.2) is 66.7 Å². The summed E-state index contributed by atoms with van der Waals surface area (Å²) in [5, 5.41) is 0. The standard InChI is InChI=1S/C46H64BF9NO3/c1-4-7-10-13-16-19-32-57(33-20-17-14-11-8-5-2,34-21-18-15-12-9-6-3)36-37-35-40(46(54,55)56)26-31-43(37)60-47(58-41-27-22-38(23-28-41)44(48,49)50)59-42-29-24-39(25-30-42)45(51,52)53/h22-31,35H,4-21,32-34,36H2,1-3H3/q+1. The summed E-state index contributed by atoms with van der Waals surface area (Å²) in [6.45, 7) is 8.98. The molecule has 0 spiro atoms. The minimum atomic E-state index is -4.67. The van der Waals surface area contributed by atoms with Gasteiger partial charge in [0.1, 0.15) is 23.8 Å². The maximum absolute atomic E-state index is 14.4. The van der Waals surface area contributed by atoms with Crippen molar-refractivity contribution in [1.82, 2.24) is 0 Å². The topological polar surface area (TPSA) is 27.7 Å². The third-order valence-electron chi connectivity index (χ3n) is 10.9. The molecule has 336 valence electrons. The molecular formula is C46H64BF9NO3+. The molecule has 0 saturated carbocycles. The number of halogens is 9. The lowest BCUT2D eigenvalue weighted by Gasteiger charge is -2.40. The maximum Gasteiger partial charge on any atom is 0.864 e. The monoisotopic (exact) mass is 860 g/mol. The molecule has 4 nitrogen and oxygen atoms in total. The van der Waals surface area contributed by atoms with Gasteiger partial charge in [0, 0.05) is 5.56 Å². The molecule has 0 N–H and O–H groups in total. The number of rotatable bonds is 29. The van der Waals surface area contributed by atoms with Crippen LogP contribution in [0.2, 0.25) is 0 Å². The zero-order valence-corrected chi connectivity index (χ0v) is 35.6. The van der Waals surface area contributed by atoms with E-state index in [0.717, 1.165) is 196 Å². The summed E-state index contributed by atoms with van der Waals surface area (Å²) < 4.78 is 142. The van der Waals surface area contributed by atoms with Crippen molar-refractivity contribution in [1.29, 1.82) is 0 Å². The summed E-state index contributed by atoms with van der Waals surface area (Å²) in [6.07, 6.45) is 5.13. The van der Waals surface area contributed by atoms with E-state index in [1.165, 1.54) is 6.07 Å². The Morgan fingerprint density at radius 1 is 0.417 bits per heavy atom. The molecule has 60 heavy (non-hydrogen) atoms. The normalized spacial score (nSPS) is 12.5. The van der Waals surface area contributed by atoms with E-state index < -0.39 is 42.5 Å². The lowest BCUT2D eigenvalue weighted by Crippen LogP contribution is -2.49. The Balaban J connectivity index is 2.07. The van der Waals surface area contributed by atoms with Gasteiger partial charge < -0.3 is 18.4 Å². The highest BCUT2D eigenvalue weighted by Crippen LogP contribution is 2.36. The van der Waals surface area contributed by atoms with Gasteiger partial charge >= 0.3 is 25.9 Å². The third-order valence-corrected chi connectivity index (χ3v) is 10.9. The molecule has 0 aromatic heterocycles. The van der Waals surface area contributed by atoms with E-state index in [1.807, 2.05) is 0 Å². The average Bonchev–Trinajstić information content (AvgIpc) is 3.19. The van der Waals surface area contributed by atoms with Crippen molar-refractivity contribution in [2.75, 3.05) is 19.6 Å². The van der Waals surface area contributed by atoms with Crippen molar-refractivity contribution >= 4 is 7.32 Å². The van der Waals surface area contributed by atoms with E-state index >= 15 is 0 Å². The Morgan fingerprint density at radius 2 is 0.750 bits per heavy atom. The second-order valence-electron chi connectivity index (χ2n) is 16.0. The van der Waals surface area contributed by atoms with Gasteiger partial charge in [-0.3, -0.25) is 0 Å². The van der Waals surface area contributed by atoms with Gasteiger partial charge in [0.25, 0.3) is 0 Å². The first kappa shape index (κ1) is 50.8. The molecule has 14 heteroatoms. The van der Waals surface area contributed by atoms with Crippen LogP contribution in [-0.4, -0.2) is 31.4 Å². The molecule has 0 saturated heterocycles. The number of nitrogens with zero attached hydrogens (tertiary/aromatic N) is 1. The lowest BCUT2D eigenvalue weighted by atomic mass is 10.0. The highest BCUT2D eigenvalue weighted by Gasteiger charge is 2.38. The highest BCUT2D eigenvalue weighted by atomic mass is 19.4. The number of quaternary nitrogens is 1. The van der Waals surface area contributed by atoms with Crippen LogP contribution in [0.5, 0.6) is 17.2 Å². The van der Waals surface area contributed by atoms with Crippen LogP contribution in [0.25, 0.3) is 0 Å². The zero-order valence-electron chi connectivity index (χ0n) is 35.6. The summed E-state index contributed by atoms with van der Waals surface area (Å²) in [6, 6.07) is 10.4.